The van der Waals surface area contributed by atoms with Crippen LogP contribution in [-0.4, -0.2) is 4.98 Å². The van der Waals surface area contributed by atoms with Gasteiger partial charge in [-0.2, -0.15) is 11.3 Å². The Morgan fingerprint density at radius 2 is 2.16 bits per heavy atom. The van der Waals surface area contributed by atoms with E-state index >= 15 is 0 Å². The van der Waals surface area contributed by atoms with Crippen molar-refractivity contribution in [3.63, 3.8) is 0 Å². The van der Waals surface area contributed by atoms with Gasteiger partial charge in [0.05, 0.1) is 5.69 Å². The molecule has 0 aliphatic carbocycles. The number of nitrogen functional groups attached to an aromatic ring is 1. The number of hydrogen-bond acceptors (Lipinski definition) is 5. The maximum atomic E-state index is 5.77. The van der Waals surface area contributed by atoms with Crippen LogP contribution in [0.1, 0.15) is 5.69 Å². The first kappa shape index (κ1) is 12.7. The smallest absolute Gasteiger partial charge is 0.124 e. The van der Waals surface area contributed by atoms with Crippen molar-refractivity contribution in [1.29, 1.82) is 0 Å². The lowest BCUT2D eigenvalue weighted by molar-refractivity contribution is 1.23. The van der Waals surface area contributed by atoms with Gasteiger partial charge in [0.25, 0.3) is 0 Å². The molecule has 3 rings (SSSR count). The molecule has 96 valence electrons. The van der Waals surface area contributed by atoms with Crippen LogP contribution in [0.5, 0.6) is 0 Å². The molecule has 0 saturated carbocycles. The lowest BCUT2D eigenvalue weighted by Crippen LogP contribution is -1.85. The highest BCUT2D eigenvalue weighted by Gasteiger charge is 2.05. The normalized spacial score (nSPS) is 10.7. The average molecular weight is 304 g/mol. The zero-order valence-electron chi connectivity index (χ0n) is 10.1. The number of nitrogens with zero attached hydrogens (tertiary/aromatic N) is 1. The van der Waals surface area contributed by atoms with Crippen LogP contribution in [0.2, 0.25) is 0 Å². The quantitative estimate of drug-likeness (QED) is 0.558. The summed E-state index contributed by atoms with van der Waals surface area (Å²) in [5.41, 5.74) is 8.92. The fourth-order valence-electron chi connectivity index (χ4n) is 1.65. The first-order chi connectivity index (χ1) is 9.31. The van der Waals surface area contributed by atoms with Crippen LogP contribution < -0.4 is 5.73 Å². The molecule has 0 atom stereocenters. The third kappa shape index (κ3) is 3.18. The molecule has 0 amide bonds. The van der Waals surface area contributed by atoms with E-state index in [4.69, 9.17) is 5.73 Å². The van der Waals surface area contributed by atoms with Crippen molar-refractivity contribution in [2.24, 2.45) is 0 Å². The second-order valence-corrected chi connectivity index (χ2v) is 6.70. The standard InChI is InChI=1S/C14H12N2S3/c15-11-2-1-3-13(6-11)18-8-12-9-19-14(16-12)10-4-5-17-7-10/h1-7,9H,8,15H2. The minimum Gasteiger partial charge on any atom is -0.399 e. The molecule has 2 aromatic heterocycles. The van der Waals surface area contributed by atoms with Crippen molar-refractivity contribution in [1.82, 2.24) is 4.98 Å². The molecule has 0 bridgehead atoms. The van der Waals surface area contributed by atoms with Gasteiger partial charge in [-0.05, 0) is 29.6 Å². The van der Waals surface area contributed by atoms with Crippen LogP contribution >= 0.6 is 34.4 Å². The summed E-state index contributed by atoms with van der Waals surface area (Å²) in [6, 6.07) is 10.1. The number of nitrogens with two attached hydrogens (primary N) is 1. The van der Waals surface area contributed by atoms with E-state index in [1.165, 1.54) is 10.5 Å². The number of thiophene rings is 1. The van der Waals surface area contributed by atoms with Gasteiger partial charge in [0, 0.05) is 32.7 Å². The zero-order chi connectivity index (χ0) is 13.1. The summed E-state index contributed by atoms with van der Waals surface area (Å²) in [5, 5.41) is 7.45. The van der Waals surface area contributed by atoms with Crippen LogP contribution in [0.4, 0.5) is 5.69 Å². The number of hydrogen-bond donors (Lipinski definition) is 1. The Morgan fingerprint density at radius 1 is 1.21 bits per heavy atom. The molecule has 0 radical (unpaired) electrons. The van der Waals surface area contributed by atoms with E-state index in [1.54, 1.807) is 34.4 Å². The zero-order valence-corrected chi connectivity index (χ0v) is 12.5. The Kier molecular flexibility index (Phi) is 3.87. The van der Waals surface area contributed by atoms with Crippen LogP contribution in [-0.2, 0) is 5.75 Å². The van der Waals surface area contributed by atoms with Crippen LogP contribution in [0.25, 0.3) is 10.6 Å². The van der Waals surface area contributed by atoms with Crippen molar-refractivity contribution in [2.75, 3.05) is 5.73 Å². The maximum Gasteiger partial charge on any atom is 0.124 e. The predicted octanol–water partition coefficient (Wildman–Crippen LogP) is 4.75. The fourth-order valence-corrected chi connectivity index (χ4v) is 4.15. The fraction of sp³-hybridized carbons (Fsp3) is 0.0714. The highest BCUT2D eigenvalue weighted by molar-refractivity contribution is 7.98. The summed E-state index contributed by atoms with van der Waals surface area (Å²) in [4.78, 5) is 5.85. The van der Waals surface area contributed by atoms with E-state index in [1.807, 2.05) is 18.2 Å². The summed E-state index contributed by atoms with van der Waals surface area (Å²) in [6.07, 6.45) is 0. The molecule has 0 spiro atoms. The number of thiazole rings is 1. The van der Waals surface area contributed by atoms with E-state index in [0.717, 1.165) is 22.1 Å². The topological polar surface area (TPSA) is 38.9 Å². The number of anilines is 1. The molecule has 3 aromatic rings. The molecule has 0 saturated heterocycles. The van der Waals surface area contributed by atoms with Crippen molar-refractivity contribution < 1.29 is 0 Å². The van der Waals surface area contributed by atoms with E-state index in [-0.39, 0.29) is 0 Å². The molecule has 1 aromatic carbocycles. The Balaban J connectivity index is 1.68. The summed E-state index contributed by atoms with van der Waals surface area (Å²) in [6.45, 7) is 0. The minimum atomic E-state index is 0.808. The molecular formula is C14H12N2S3. The average Bonchev–Trinajstić information content (AvgIpc) is 3.07. The van der Waals surface area contributed by atoms with E-state index in [0.29, 0.717) is 0 Å². The van der Waals surface area contributed by atoms with Gasteiger partial charge in [0.2, 0.25) is 0 Å². The molecule has 5 heteroatoms. The summed E-state index contributed by atoms with van der Waals surface area (Å²) >= 11 is 5.17. The Labute approximate surface area is 124 Å². The number of aromatic nitrogens is 1. The van der Waals surface area contributed by atoms with Crippen molar-refractivity contribution in [3.8, 4) is 10.6 Å². The lowest BCUT2D eigenvalue weighted by atomic mass is 10.3. The number of rotatable bonds is 4. The third-order valence-electron chi connectivity index (χ3n) is 2.56. The van der Waals surface area contributed by atoms with Gasteiger partial charge in [0.15, 0.2) is 0 Å². The first-order valence-electron chi connectivity index (χ1n) is 5.76. The molecule has 0 unspecified atom stereocenters. The first-order valence-corrected chi connectivity index (χ1v) is 8.57. The molecule has 19 heavy (non-hydrogen) atoms. The summed E-state index contributed by atoms with van der Waals surface area (Å²) in [5.74, 6) is 0.879. The van der Waals surface area contributed by atoms with Gasteiger partial charge in [-0.15, -0.1) is 23.1 Å². The van der Waals surface area contributed by atoms with Gasteiger partial charge in [-0.1, -0.05) is 6.07 Å². The molecule has 0 aliphatic rings. The van der Waals surface area contributed by atoms with Gasteiger partial charge < -0.3 is 5.73 Å². The summed E-state index contributed by atoms with van der Waals surface area (Å²) < 4.78 is 0. The SMILES string of the molecule is Nc1cccc(SCc2csc(-c3ccsc3)n2)c1. The van der Waals surface area contributed by atoms with Gasteiger partial charge in [0.1, 0.15) is 5.01 Å². The van der Waals surface area contributed by atoms with Gasteiger partial charge in [-0.25, -0.2) is 4.98 Å². The van der Waals surface area contributed by atoms with Crippen LogP contribution in [0, 0.1) is 0 Å². The minimum absolute atomic E-state index is 0.808. The Hall–Kier alpha value is -1.30. The van der Waals surface area contributed by atoms with Crippen molar-refractivity contribution in [2.45, 2.75) is 10.6 Å². The number of thioether (sulfide) groups is 1. The van der Waals surface area contributed by atoms with E-state index in [9.17, 15) is 0 Å². The van der Waals surface area contributed by atoms with Gasteiger partial charge >= 0.3 is 0 Å². The van der Waals surface area contributed by atoms with Crippen LogP contribution in [0.3, 0.4) is 0 Å². The highest BCUT2D eigenvalue weighted by Crippen LogP contribution is 2.29. The van der Waals surface area contributed by atoms with Crippen molar-refractivity contribution >= 4 is 40.1 Å². The van der Waals surface area contributed by atoms with Crippen LogP contribution in [0.15, 0.2) is 51.4 Å². The number of benzene rings is 1. The Bertz CT molecular complexity index is 659. The highest BCUT2D eigenvalue weighted by atomic mass is 32.2. The molecule has 0 aliphatic heterocycles. The molecule has 2 heterocycles. The second-order valence-electron chi connectivity index (χ2n) is 4.02. The molecule has 2 nitrogen and oxygen atoms in total. The van der Waals surface area contributed by atoms with E-state index in [2.05, 4.69) is 33.3 Å². The van der Waals surface area contributed by atoms with Crippen molar-refractivity contribution in [3.05, 3.63) is 52.2 Å². The Morgan fingerprint density at radius 3 is 2.95 bits per heavy atom. The maximum absolute atomic E-state index is 5.77. The lowest BCUT2D eigenvalue weighted by Gasteiger charge is -2.00. The molecule has 2 N–H and O–H groups in total. The second kappa shape index (κ2) is 5.77. The monoisotopic (exact) mass is 304 g/mol. The predicted molar refractivity (Wildman–Crippen MR) is 85.8 cm³/mol. The summed E-state index contributed by atoms with van der Waals surface area (Å²) in [7, 11) is 0. The van der Waals surface area contributed by atoms with E-state index < -0.39 is 0 Å². The largest absolute Gasteiger partial charge is 0.399 e. The third-order valence-corrected chi connectivity index (χ3v) is 5.22. The molecule has 0 fully saturated rings. The molecular weight excluding hydrogens is 292 g/mol. The van der Waals surface area contributed by atoms with Gasteiger partial charge in [-0.3, -0.25) is 0 Å².